The highest BCUT2D eigenvalue weighted by Crippen LogP contribution is 2.35. The maximum Gasteiger partial charge on any atom is 0.224 e. The van der Waals surface area contributed by atoms with Crippen LogP contribution in [0.25, 0.3) is 0 Å². The predicted molar refractivity (Wildman–Crippen MR) is 73.9 cm³/mol. The number of hydrogen-bond donors (Lipinski definition) is 1. The Kier molecular flexibility index (Phi) is 3.35. The van der Waals surface area contributed by atoms with E-state index in [2.05, 4.69) is 27.1 Å². The van der Waals surface area contributed by atoms with Crippen LogP contribution < -0.4 is 10.2 Å². The second kappa shape index (κ2) is 5.12. The zero-order valence-electron chi connectivity index (χ0n) is 11.1. The molecule has 0 unspecified atom stereocenters. The second-order valence-corrected chi connectivity index (χ2v) is 5.56. The van der Waals surface area contributed by atoms with Gasteiger partial charge in [-0.2, -0.15) is 4.98 Å². The molecule has 18 heavy (non-hydrogen) atoms. The second-order valence-electron chi connectivity index (χ2n) is 5.56. The van der Waals surface area contributed by atoms with E-state index in [1.165, 1.54) is 38.8 Å². The summed E-state index contributed by atoms with van der Waals surface area (Å²) in [5, 5.41) is 3.19. The fourth-order valence-electron chi connectivity index (χ4n) is 2.25. The Bertz CT molecular complexity index is 385. The van der Waals surface area contributed by atoms with Gasteiger partial charge >= 0.3 is 0 Å². The van der Waals surface area contributed by atoms with E-state index in [1.807, 2.05) is 12.3 Å². The Morgan fingerprint density at radius 1 is 1.22 bits per heavy atom. The lowest BCUT2D eigenvalue weighted by molar-refractivity contribution is 0.671. The quantitative estimate of drug-likeness (QED) is 0.802. The van der Waals surface area contributed by atoms with Crippen molar-refractivity contribution in [3.8, 4) is 0 Å². The molecule has 0 bridgehead atoms. The lowest BCUT2D eigenvalue weighted by Crippen LogP contribution is -2.29. The molecule has 2 saturated carbocycles. The molecule has 4 heteroatoms. The van der Waals surface area contributed by atoms with Crippen molar-refractivity contribution >= 4 is 11.8 Å². The van der Waals surface area contributed by atoms with E-state index in [0.717, 1.165) is 30.1 Å². The van der Waals surface area contributed by atoms with Crippen LogP contribution in [0.1, 0.15) is 32.6 Å². The summed E-state index contributed by atoms with van der Waals surface area (Å²) in [5.74, 6) is 3.66. The van der Waals surface area contributed by atoms with Gasteiger partial charge in [-0.15, -0.1) is 0 Å². The minimum Gasteiger partial charge on any atom is -0.356 e. The normalized spacial score (nSPS) is 18.7. The minimum absolute atomic E-state index is 0.756. The van der Waals surface area contributed by atoms with Crippen LogP contribution in [-0.4, -0.2) is 29.6 Å². The van der Waals surface area contributed by atoms with Crippen LogP contribution in [0.4, 0.5) is 11.8 Å². The van der Waals surface area contributed by atoms with Gasteiger partial charge in [0.05, 0.1) is 0 Å². The molecule has 1 aromatic heterocycles. The zero-order chi connectivity index (χ0) is 12.4. The zero-order valence-corrected chi connectivity index (χ0v) is 11.1. The minimum atomic E-state index is 0.756. The molecule has 0 atom stereocenters. The average molecular weight is 246 g/mol. The molecule has 2 fully saturated rings. The first-order valence-corrected chi connectivity index (χ1v) is 7.17. The molecule has 98 valence electrons. The first-order chi connectivity index (χ1) is 8.85. The SMILES string of the molecule is CCNc1nccc(N(CC2CC2)CC2CC2)n1. The van der Waals surface area contributed by atoms with Crippen LogP contribution in [-0.2, 0) is 0 Å². The van der Waals surface area contributed by atoms with Gasteiger partial charge in [0.15, 0.2) is 0 Å². The molecular weight excluding hydrogens is 224 g/mol. The lowest BCUT2D eigenvalue weighted by atomic mass is 10.3. The number of anilines is 2. The van der Waals surface area contributed by atoms with Crippen LogP contribution in [0.5, 0.6) is 0 Å². The van der Waals surface area contributed by atoms with Crippen molar-refractivity contribution in [1.82, 2.24) is 9.97 Å². The number of nitrogens with one attached hydrogen (secondary N) is 1. The highest BCUT2D eigenvalue weighted by molar-refractivity contribution is 5.43. The van der Waals surface area contributed by atoms with Crippen molar-refractivity contribution in [1.29, 1.82) is 0 Å². The Morgan fingerprint density at radius 3 is 2.44 bits per heavy atom. The standard InChI is InChI=1S/C14H22N4/c1-2-15-14-16-8-7-13(17-14)18(9-11-3-4-11)10-12-5-6-12/h7-8,11-12H,2-6,9-10H2,1H3,(H,15,16,17). The van der Waals surface area contributed by atoms with Gasteiger partial charge in [0.25, 0.3) is 0 Å². The monoisotopic (exact) mass is 246 g/mol. The van der Waals surface area contributed by atoms with Crippen LogP contribution >= 0.6 is 0 Å². The first-order valence-electron chi connectivity index (χ1n) is 7.17. The fraction of sp³-hybridized carbons (Fsp3) is 0.714. The van der Waals surface area contributed by atoms with Crippen molar-refractivity contribution in [2.24, 2.45) is 11.8 Å². The van der Waals surface area contributed by atoms with Crippen LogP contribution in [0.2, 0.25) is 0 Å². The van der Waals surface area contributed by atoms with Crippen molar-refractivity contribution in [3.63, 3.8) is 0 Å². The molecule has 0 radical (unpaired) electrons. The summed E-state index contributed by atoms with van der Waals surface area (Å²) in [5.41, 5.74) is 0. The molecule has 0 amide bonds. The van der Waals surface area contributed by atoms with E-state index < -0.39 is 0 Å². The van der Waals surface area contributed by atoms with Crippen LogP contribution in [0, 0.1) is 11.8 Å². The van der Waals surface area contributed by atoms with E-state index in [9.17, 15) is 0 Å². The highest BCUT2D eigenvalue weighted by atomic mass is 15.2. The van der Waals surface area contributed by atoms with Gasteiger partial charge in [-0.25, -0.2) is 4.98 Å². The molecule has 1 N–H and O–H groups in total. The van der Waals surface area contributed by atoms with Crippen molar-refractivity contribution in [3.05, 3.63) is 12.3 Å². The average Bonchev–Trinajstić information content (AvgIpc) is 3.24. The van der Waals surface area contributed by atoms with Crippen LogP contribution in [0.15, 0.2) is 12.3 Å². The maximum atomic E-state index is 4.63. The number of nitrogens with zero attached hydrogens (tertiary/aromatic N) is 3. The third-order valence-electron chi connectivity index (χ3n) is 3.65. The smallest absolute Gasteiger partial charge is 0.224 e. The highest BCUT2D eigenvalue weighted by Gasteiger charge is 2.29. The summed E-state index contributed by atoms with van der Waals surface area (Å²) in [6, 6.07) is 2.05. The number of rotatable bonds is 7. The van der Waals surface area contributed by atoms with Crippen molar-refractivity contribution in [2.75, 3.05) is 29.9 Å². The third kappa shape index (κ3) is 3.12. The summed E-state index contributed by atoms with van der Waals surface area (Å²) < 4.78 is 0. The van der Waals surface area contributed by atoms with Gasteiger partial charge in [0.2, 0.25) is 5.95 Å². The van der Waals surface area contributed by atoms with E-state index in [1.54, 1.807) is 0 Å². The maximum absolute atomic E-state index is 4.63. The van der Waals surface area contributed by atoms with Crippen molar-refractivity contribution < 1.29 is 0 Å². The van der Waals surface area contributed by atoms with Gasteiger partial charge < -0.3 is 10.2 Å². The summed E-state index contributed by atoms with van der Waals surface area (Å²) in [6.45, 7) is 5.30. The molecule has 3 rings (SSSR count). The van der Waals surface area contributed by atoms with Gasteiger partial charge in [0, 0.05) is 25.8 Å². The molecule has 2 aliphatic rings. The van der Waals surface area contributed by atoms with Gasteiger partial charge in [0.1, 0.15) is 5.82 Å². The molecule has 1 aromatic rings. The van der Waals surface area contributed by atoms with E-state index in [0.29, 0.717) is 0 Å². The Labute approximate surface area is 109 Å². The molecular formula is C14H22N4. The third-order valence-corrected chi connectivity index (χ3v) is 3.65. The molecule has 0 spiro atoms. The van der Waals surface area contributed by atoms with Gasteiger partial charge in [-0.05, 0) is 50.5 Å². The predicted octanol–water partition coefficient (Wildman–Crippen LogP) is 2.53. The topological polar surface area (TPSA) is 41.1 Å². The van der Waals surface area contributed by atoms with E-state index in [-0.39, 0.29) is 0 Å². The molecule has 0 saturated heterocycles. The summed E-state index contributed by atoms with van der Waals surface area (Å²) in [6.07, 6.45) is 7.45. The van der Waals surface area contributed by atoms with E-state index >= 15 is 0 Å². The lowest BCUT2D eigenvalue weighted by Gasteiger charge is -2.23. The van der Waals surface area contributed by atoms with E-state index in [4.69, 9.17) is 0 Å². The summed E-state index contributed by atoms with van der Waals surface area (Å²) >= 11 is 0. The summed E-state index contributed by atoms with van der Waals surface area (Å²) in [4.78, 5) is 11.4. The first kappa shape index (κ1) is 11.8. The summed E-state index contributed by atoms with van der Waals surface area (Å²) in [7, 11) is 0. The number of aromatic nitrogens is 2. The Balaban J connectivity index is 1.71. The Hall–Kier alpha value is -1.32. The number of hydrogen-bond acceptors (Lipinski definition) is 4. The fourth-order valence-corrected chi connectivity index (χ4v) is 2.25. The molecule has 2 aliphatic carbocycles. The van der Waals surface area contributed by atoms with Crippen molar-refractivity contribution in [2.45, 2.75) is 32.6 Å². The molecule has 4 nitrogen and oxygen atoms in total. The Morgan fingerprint density at radius 2 is 1.89 bits per heavy atom. The van der Waals surface area contributed by atoms with Crippen LogP contribution in [0.3, 0.4) is 0 Å². The largest absolute Gasteiger partial charge is 0.356 e. The van der Waals surface area contributed by atoms with Gasteiger partial charge in [-0.3, -0.25) is 0 Å². The molecule has 0 aliphatic heterocycles. The molecule has 0 aromatic carbocycles. The van der Waals surface area contributed by atoms with Gasteiger partial charge in [-0.1, -0.05) is 0 Å². The molecule has 1 heterocycles.